The normalized spacial score (nSPS) is 10.4. The van der Waals surface area contributed by atoms with E-state index in [0.717, 1.165) is 0 Å². The lowest BCUT2D eigenvalue weighted by Crippen LogP contribution is -2.06. The van der Waals surface area contributed by atoms with Crippen LogP contribution in [0, 0.1) is 13.8 Å². The third-order valence-corrected chi connectivity index (χ3v) is 3.62. The van der Waals surface area contributed by atoms with Crippen molar-refractivity contribution in [2.24, 2.45) is 0 Å². The van der Waals surface area contributed by atoms with E-state index in [9.17, 15) is 4.79 Å². The van der Waals surface area contributed by atoms with E-state index in [-0.39, 0.29) is 5.78 Å². The number of furan rings is 1. The highest BCUT2D eigenvalue weighted by molar-refractivity contribution is 9.10. The first-order valence-electron chi connectivity index (χ1n) is 6.01. The summed E-state index contributed by atoms with van der Waals surface area (Å²) < 4.78 is 16.5. The Hall–Kier alpha value is -1.75. The summed E-state index contributed by atoms with van der Waals surface area (Å²) in [5, 5.41) is 0. The number of carbonyl (C=O) groups is 1. The molecule has 4 nitrogen and oxygen atoms in total. The SMILES string of the molecule is COc1cc(Br)c(C(=O)c2cc(C)oc2C)c(OC)c1. The van der Waals surface area contributed by atoms with Crippen molar-refractivity contribution in [3.8, 4) is 11.5 Å². The largest absolute Gasteiger partial charge is 0.497 e. The summed E-state index contributed by atoms with van der Waals surface area (Å²) in [4.78, 5) is 12.7. The molecule has 0 saturated carbocycles. The van der Waals surface area contributed by atoms with Crippen LogP contribution < -0.4 is 9.47 Å². The van der Waals surface area contributed by atoms with E-state index >= 15 is 0 Å². The third kappa shape index (κ3) is 2.58. The van der Waals surface area contributed by atoms with Gasteiger partial charge in [0, 0.05) is 10.5 Å². The van der Waals surface area contributed by atoms with Crippen LogP contribution in [-0.2, 0) is 0 Å². The Morgan fingerprint density at radius 1 is 1.15 bits per heavy atom. The highest BCUT2D eigenvalue weighted by Crippen LogP contribution is 2.34. The number of hydrogen-bond donors (Lipinski definition) is 0. The lowest BCUT2D eigenvalue weighted by molar-refractivity contribution is 0.103. The molecule has 106 valence electrons. The molecule has 0 aliphatic carbocycles. The minimum atomic E-state index is -0.147. The number of benzene rings is 1. The molecule has 5 heteroatoms. The Bertz CT molecular complexity index is 658. The summed E-state index contributed by atoms with van der Waals surface area (Å²) >= 11 is 3.40. The third-order valence-electron chi connectivity index (χ3n) is 3.00. The van der Waals surface area contributed by atoms with Gasteiger partial charge in [0.05, 0.1) is 25.3 Å². The number of methoxy groups -OCH3 is 2. The average Bonchev–Trinajstić information content (AvgIpc) is 2.75. The second-order valence-electron chi connectivity index (χ2n) is 4.34. The molecule has 0 amide bonds. The summed E-state index contributed by atoms with van der Waals surface area (Å²) in [7, 11) is 3.08. The van der Waals surface area contributed by atoms with Gasteiger partial charge in [0.2, 0.25) is 5.78 Å². The molecule has 2 aromatic rings. The highest BCUT2D eigenvalue weighted by atomic mass is 79.9. The molecule has 20 heavy (non-hydrogen) atoms. The van der Waals surface area contributed by atoms with E-state index in [2.05, 4.69) is 15.9 Å². The molecular formula is C15H15BrO4. The summed E-state index contributed by atoms with van der Waals surface area (Å²) in [5.41, 5.74) is 0.990. The number of hydrogen-bond acceptors (Lipinski definition) is 4. The molecule has 0 saturated heterocycles. The van der Waals surface area contributed by atoms with Gasteiger partial charge in [-0.1, -0.05) is 0 Å². The molecule has 0 bridgehead atoms. The van der Waals surface area contributed by atoms with Crippen LogP contribution in [0.15, 0.2) is 27.1 Å². The van der Waals surface area contributed by atoms with E-state index in [0.29, 0.717) is 38.6 Å². The smallest absolute Gasteiger partial charge is 0.201 e. The fraction of sp³-hybridized carbons (Fsp3) is 0.267. The van der Waals surface area contributed by atoms with Gasteiger partial charge in [-0.15, -0.1) is 0 Å². The number of ether oxygens (including phenoxy) is 2. The second-order valence-corrected chi connectivity index (χ2v) is 5.20. The molecule has 0 spiro atoms. The van der Waals surface area contributed by atoms with Crippen molar-refractivity contribution in [2.45, 2.75) is 13.8 Å². The molecule has 0 atom stereocenters. The molecule has 0 radical (unpaired) electrons. The number of ketones is 1. The van der Waals surface area contributed by atoms with Crippen LogP contribution in [-0.4, -0.2) is 20.0 Å². The number of carbonyl (C=O) groups excluding carboxylic acids is 1. The fourth-order valence-electron chi connectivity index (χ4n) is 2.05. The summed E-state index contributed by atoms with van der Waals surface area (Å²) in [6, 6.07) is 5.14. The minimum absolute atomic E-state index is 0.147. The van der Waals surface area contributed by atoms with Gasteiger partial charge < -0.3 is 13.9 Å². The van der Waals surface area contributed by atoms with Crippen molar-refractivity contribution >= 4 is 21.7 Å². The van der Waals surface area contributed by atoms with Crippen LogP contribution in [0.25, 0.3) is 0 Å². The molecule has 1 aromatic heterocycles. The maximum Gasteiger partial charge on any atom is 0.201 e. The number of rotatable bonds is 4. The van der Waals surface area contributed by atoms with Crippen LogP contribution in [0.2, 0.25) is 0 Å². The van der Waals surface area contributed by atoms with Crippen molar-refractivity contribution in [1.29, 1.82) is 0 Å². The molecule has 0 fully saturated rings. The van der Waals surface area contributed by atoms with Gasteiger partial charge in [0.25, 0.3) is 0 Å². The van der Waals surface area contributed by atoms with Crippen LogP contribution in [0.3, 0.4) is 0 Å². The summed E-state index contributed by atoms with van der Waals surface area (Å²) in [5.74, 6) is 2.22. The van der Waals surface area contributed by atoms with Gasteiger partial charge in [-0.3, -0.25) is 4.79 Å². The lowest BCUT2D eigenvalue weighted by Gasteiger charge is -2.11. The molecule has 2 rings (SSSR count). The van der Waals surface area contributed by atoms with Gasteiger partial charge >= 0.3 is 0 Å². The first-order valence-corrected chi connectivity index (χ1v) is 6.80. The average molecular weight is 339 g/mol. The van der Waals surface area contributed by atoms with Gasteiger partial charge in [-0.05, 0) is 41.9 Å². The molecule has 0 aliphatic heterocycles. The predicted octanol–water partition coefficient (Wildman–Crippen LogP) is 3.91. The summed E-state index contributed by atoms with van der Waals surface area (Å²) in [6.07, 6.45) is 0. The molecule has 1 heterocycles. The standard InChI is InChI=1S/C15H15BrO4/c1-8-5-11(9(2)20-8)15(17)14-12(16)6-10(18-3)7-13(14)19-4/h5-7H,1-4H3. The molecular weight excluding hydrogens is 324 g/mol. The van der Waals surface area contributed by atoms with E-state index in [1.165, 1.54) is 7.11 Å². The maximum absolute atomic E-state index is 12.7. The maximum atomic E-state index is 12.7. The van der Waals surface area contributed by atoms with Gasteiger partial charge in [-0.25, -0.2) is 0 Å². The van der Waals surface area contributed by atoms with Crippen LogP contribution in [0.4, 0.5) is 0 Å². The van der Waals surface area contributed by atoms with Crippen LogP contribution in [0.1, 0.15) is 27.4 Å². The van der Waals surface area contributed by atoms with E-state index < -0.39 is 0 Å². The Balaban J connectivity index is 2.57. The van der Waals surface area contributed by atoms with Crippen molar-refractivity contribution in [1.82, 2.24) is 0 Å². The highest BCUT2D eigenvalue weighted by Gasteiger charge is 2.23. The molecule has 1 aromatic carbocycles. The first-order chi connectivity index (χ1) is 9.47. The van der Waals surface area contributed by atoms with Gasteiger partial charge in [0.1, 0.15) is 23.0 Å². The van der Waals surface area contributed by atoms with Gasteiger partial charge in [0.15, 0.2) is 0 Å². The molecule has 0 unspecified atom stereocenters. The van der Waals surface area contributed by atoms with E-state index in [1.807, 2.05) is 6.92 Å². The monoisotopic (exact) mass is 338 g/mol. The Kier molecular flexibility index (Phi) is 4.18. The lowest BCUT2D eigenvalue weighted by atomic mass is 10.0. The van der Waals surface area contributed by atoms with Crippen LogP contribution in [0.5, 0.6) is 11.5 Å². The van der Waals surface area contributed by atoms with E-state index in [1.54, 1.807) is 32.2 Å². The fourth-order valence-corrected chi connectivity index (χ4v) is 2.65. The number of halogens is 1. The Morgan fingerprint density at radius 3 is 2.35 bits per heavy atom. The number of aryl methyl sites for hydroxylation is 2. The quantitative estimate of drug-likeness (QED) is 0.793. The van der Waals surface area contributed by atoms with Crippen molar-refractivity contribution in [3.05, 3.63) is 45.3 Å². The molecule has 0 N–H and O–H groups in total. The zero-order valence-electron chi connectivity index (χ0n) is 11.7. The zero-order chi connectivity index (χ0) is 14.9. The predicted molar refractivity (Wildman–Crippen MR) is 78.9 cm³/mol. The van der Waals surface area contributed by atoms with Crippen molar-refractivity contribution < 1.29 is 18.7 Å². The first kappa shape index (κ1) is 14.7. The van der Waals surface area contributed by atoms with Gasteiger partial charge in [-0.2, -0.15) is 0 Å². The molecule has 0 aliphatic rings. The Labute approximate surface area is 125 Å². The van der Waals surface area contributed by atoms with Crippen LogP contribution >= 0.6 is 15.9 Å². The second kappa shape index (κ2) is 5.71. The Morgan fingerprint density at radius 2 is 1.85 bits per heavy atom. The van der Waals surface area contributed by atoms with Crippen molar-refractivity contribution in [2.75, 3.05) is 14.2 Å². The van der Waals surface area contributed by atoms with Crippen molar-refractivity contribution in [3.63, 3.8) is 0 Å². The topological polar surface area (TPSA) is 48.7 Å². The zero-order valence-corrected chi connectivity index (χ0v) is 13.3. The minimum Gasteiger partial charge on any atom is -0.497 e. The van der Waals surface area contributed by atoms with E-state index in [4.69, 9.17) is 13.9 Å². The summed E-state index contributed by atoms with van der Waals surface area (Å²) in [6.45, 7) is 3.58.